The highest BCUT2D eigenvalue weighted by molar-refractivity contribution is 5.90. The molecular weight excluding hydrogens is 738 g/mol. The Bertz CT molecular complexity index is 1810. The van der Waals surface area contributed by atoms with E-state index in [0.717, 1.165) is 20.8 Å². The fraction of sp³-hybridized carbons (Fsp3) is 0.535. The number of esters is 5. The standard InChI is InChI=1S/C43H55NO13/c1-24(2)22-52-35-26(4)34(53-27(5)45)32-37(55-39(49)30-15-12-11-13-16-30)42(10,57-29(7)47)23-43(32,51)36(54-28(6)46)25(3)18-19-41(8,9)38(33(35)48)56-40(50)31-17-14-20-44-21-31/h11-21,24-25,32-38,48,51H,4,22-23H2,1-3,5-10H3/t25-,32-,33+,34-,35-,36-,37+,38+,42+,43+/m0/s1. The Kier molecular flexibility index (Phi) is 14.2. The highest BCUT2D eigenvalue weighted by Gasteiger charge is 2.70. The largest absolute Gasteiger partial charge is 0.459 e. The average molecular weight is 794 g/mol. The highest BCUT2D eigenvalue weighted by atomic mass is 16.6. The number of benzene rings is 1. The van der Waals surface area contributed by atoms with Gasteiger partial charge in [-0.1, -0.05) is 71.5 Å². The first kappa shape index (κ1) is 44.8. The minimum absolute atomic E-state index is 0.0344. The van der Waals surface area contributed by atoms with Crippen molar-refractivity contribution in [2.75, 3.05) is 6.61 Å². The molecule has 57 heavy (non-hydrogen) atoms. The van der Waals surface area contributed by atoms with Crippen molar-refractivity contribution in [2.45, 2.75) is 117 Å². The summed E-state index contributed by atoms with van der Waals surface area (Å²) in [6.45, 7) is 18.0. The van der Waals surface area contributed by atoms with Crippen molar-refractivity contribution in [1.29, 1.82) is 0 Å². The fourth-order valence-electron chi connectivity index (χ4n) is 7.88. The van der Waals surface area contributed by atoms with Gasteiger partial charge in [0.2, 0.25) is 0 Å². The van der Waals surface area contributed by atoms with Gasteiger partial charge in [0.25, 0.3) is 0 Å². The topological polar surface area (TPSA) is 194 Å². The molecule has 0 bridgehead atoms. The Morgan fingerprint density at radius 3 is 1.98 bits per heavy atom. The van der Waals surface area contributed by atoms with Gasteiger partial charge in [0, 0.05) is 57.5 Å². The van der Waals surface area contributed by atoms with Crippen LogP contribution < -0.4 is 0 Å². The van der Waals surface area contributed by atoms with E-state index in [0.29, 0.717) is 0 Å². The van der Waals surface area contributed by atoms with Crippen LogP contribution >= 0.6 is 0 Å². The van der Waals surface area contributed by atoms with Crippen molar-refractivity contribution in [3.63, 3.8) is 0 Å². The van der Waals surface area contributed by atoms with Crippen LogP contribution in [0, 0.1) is 23.2 Å². The molecular formula is C43H55NO13. The lowest BCUT2D eigenvalue weighted by atomic mass is 9.71. The number of pyridine rings is 1. The molecule has 0 unspecified atom stereocenters. The lowest BCUT2D eigenvalue weighted by Gasteiger charge is -2.46. The second kappa shape index (κ2) is 18.1. The number of carbonyl (C=O) groups is 5. The van der Waals surface area contributed by atoms with Crippen LogP contribution in [0.4, 0.5) is 0 Å². The molecule has 14 heteroatoms. The lowest BCUT2D eigenvalue weighted by molar-refractivity contribution is -0.193. The van der Waals surface area contributed by atoms with E-state index in [4.69, 9.17) is 28.4 Å². The molecule has 1 fully saturated rings. The van der Waals surface area contributed by atoms with Gasteiger partial charge < -0.3 is 38.6 Å². The maximum absolute atomic E-state index is 13.9. The number of nitrogens with zero attached hydrogens (tertiary/aromatic N) is 1. The smallest absolute Gasteiger partial charge is 0.340 e. The molecule has 1 aromatic carbocycles. The molecule has 2 N–H and O–H groups in total. The van der Waals surface area contributed by atoms with Crippen LogP contribution in [0.2, 0.25) is 0 Å². The third kappa shape index (κ3) is 10.3. The molecule has 0 radical (unpaired) electrons. The van der Waals surface area contributed by atoms with Gasteiger partial charge in [0.05, 0.1) is 17.0 Å². The van der Waals surface area contributed by atoms with Gasteiger partial charge in [0.1, 0.15) is 41.7 Å². The Morgan fingerprint density at radius 2 is 1.42 bits per heavy atom. The highest BCUT2D eigenvalue weighted by Crippen LogP contribution is 2.54. The SMILES string of the molecule is C=C1[C@H](OCC(C)C)[C@@H](O)[C@@H](OC(=O)c2cccnc2)C(C)(C)C=C[C@H](C)[C@H](OC(C)=O)[C@@]2(O)C[C@@](C)(OC(C)=O)[C@H](OC(=O)c3ccccc3)[C@@H]2[C@H]1OC(C)=O. The van der Waals surface area contributed by atoms with E-state index in [9.17, 15) is 34.2 Å². The van der Waals surface area contributed by atoms with Gasteiger partial charge in [-0.15, -0.1) is 0 Å². The first-order valence-corrected chi connectivity index (χ1v) is 18.9. The molecule has 0 aliphatic heterocycles. The Morgan fingerprint density at radius 1 is 0.825 bits per heavy atom. The molecule has 1 heterocycles. The van der Waals surface area contributed by atoms with Gasteiger partial charge >= 0.3 is 29.8 Å². The van der Waals surface area contributed by atoms with Gasteiger partial charge in [0.15, 0.2) is 6.10 Å². The molecule has 2 aliphatic carbocycles. The van der Waals surface area contributed by atoms with E-state index in [2.05, 4.69) is 11.6 Å². The van der Waals surface area contributed by atoms with Crippen LogP contribution in [0.3, 0.4) is 0 Å². The molecule has 10 atom stereocenters. The second-order valence-corrected chi connectivity index (χ2v) is 16.2. The van der Waals surface area contributed by atoms with Gasteiger partial charge in [-0.3, -0.25) is 19.4 Å². The van der Waals surface area contributed by atoms with Crippen LogP contribution in [-0.2, 0) is 42.8 Å². The maximum atomic E-state index is 13.9. The number of ether oxygens (including phenoxy) is 6. The number of fused-ring (bicyclic) bond motifs is 1. The predicted molar refractivity (Wildman–Crippen MR) is 205 cm³/mol. The zero-order valence-electron chi connectivity index (χ0n) is 34.0. The van der Waals surface area contributed by atoms with Crippen molar-refractivity contribution in [1.82, 2.24) is 4.98 Å². The number of hydrogen-bond donors (Lipinski definition) is 2. The summed E-state index contributed by atoms with van der Waals surface area (Å²) < 4.78 is 36.5. The van der Waals surface area contributed by atoms with Crippen molar-refractivity contribution >= 4 is 29.8 Å². The summed E-state index contributed by atoms with van der Waals surface area (Å²) >= 11 is 0. The summed E-state index contributed by atoms with van der Waals surface area (Å²) in [7, 11) is 0. The van der Waals surface area contributed by atoms with E-state index in [1.807, 2.05) is 13.8 Å². The molecule has 14 nitrogen and oxygen atoms in total. The van der Waals surface area contributed by atoms with Crippen LogP contribution in [0.15, 0.2) is 79.2 Å². The summed E-state index contributed by atoms with van der Waals surface area (Å²) in [5.41, 5.74) is -5.21. The molecule has 0 spiro atoms. The third-order valence-electron chi connectivity index (χ3n) is 10.3. The minimum atomic E-state index is -2.30. The Hall–Kier alpha value is -4.92. The van der Waals surface area contributed by atoms with E-state index in [1.165, 1.54) is 37.5 Å². The normalized spacial score (nSPS) is 31.2. The van der Waals surface area contributed by atoms with Crippen molar-refractivity contribution in [3.8, 4) is 0 Å². The molecule has 1 aromatic heterocycles. The molecule has 2 aliphatic rings. The quantitative estimate of drug-likeness (QED) is 0.186. The number of rotatable bonds is 10. The second-order valence-electron chi connectivity index (χ2n) is 16.2. The van der Waals surface area contributed by atoms with E-state index in [-0.39, 0.29) is 29.2 Å². The molecule has 0 saturated heterocycles. The number of aromatic nitrogens is 1. The third-order valence-corrected chi connectivity index (χ3v) is 10.3. The summed E-state index contributed by atoms with van der Waals surface area (Å²) in [5.74, 6) is -6.65. The summed E-state index contributed by atoms with van der Waals surface area (Å²) in [5, 5.41) is 25.7. The Balaban J connectivity index is 2.06. The molecule has 1 saturated carbocycles. The van der Waals surface area contributed by atoms with Crippen LogP contribution in [0.1, 0.15) is 89.5 Å². The average Bonchev–Trinajstić information content (AvgIpc) is 3.35. The summed E-state index contributed by atoms with van der Waals surface area (Å²) in [6.07, 6.45) is -3.67. The zero-order chi connectivity index (χ0) is 42.5. The molecule has 2 aromatic rings. The summed E-state index contributed by atoms with van der Waals surface area (Å²) in [4.78, 5) is 70.4. The van der Waals surface area contributed by atoms with Crippen LogP contribution in [0.5, 0.6) is 0 Å². The predicted octanol–water partition coefficient (Wildman–Crippen LogP) is 4.96. The lowest BCUT2D eigenvalue weighted by Crippen LogP contribution is -2.59. The summed E-state index contributed by atoms with van der Waals surface area (Å²) in [6, 6.07) is 11.0. The number of carbonyl (C=O) groups excluding carboxylic acids is 5. The monoisotopic (exact) mass is 793 g/mol. The maximum Gasteiger partial charge on any atom is 0.340 e. The van der Waals surface area contributed by atoms with Crippen LogP contribution in [-0.4, -0.2) is 99.5 Å². The first-order valence-electron chi connectivity index (χ1n) is 18.9. The van der Waals surface area contributed by atoms with Gasteiger partial charge in [-0.2, -0.15) is 0 Å². The number of aliphatic hydroxyl groups is 2. The Labute approximate surface area is 333 Å². The number of hydrogen-bond acceptors (Lipinski definition) is 14. The van der Waals surface area contributed by atoms with Gasteiger partial charge in [-0.25, -0.2) is 9.59 Å². The molecule has 310 valence electrons. The van der Waals surface area contributed by atoms with Crippen LogP contribution in [0.25, 0.3) is 0 Å². The van der Waals surface area contributed by atoms with Crippen molar-refractivity contribution < 1.29 is 62.6 Å². The first-order chi connectivity index (χ1) is 26.6. The minimum Gasteiger partial charge on any atom is -0.459 e. The van der Waals surface area contributed by atoms with E-state index >= 15 is 0 Å². The van der Waals surface area contributed by atoms with Crippen molar-refractivity contribution in [2.24, 2.45) is 23.2 Å². The molecule has 0 amide bonds. The van der Waals surface area contributed by atoms with Gasteiger partial charge in [-0.05, 0) is 42.7 Å². The van der Waals surface area contributed by atoms with Crippen molar-refractivity contribution in [3.05, 3.63) is 90.3 Å². The zero-order valence-corrected chi connectivity index (χ0v) is 34.0. The van der Waals surface area contributed by atoms with E-state index < -0.39 is 101 Å². The molecule has 4 rings (SSSR count). The number of aliphatic hydroxyl groups excluding tert-OH is 1. The fourth-order valence-corrected chi connectivity index (χ4v) is 7.88. The van der Waals surface area contributed by atoms with E-state index in [1.54, 1.807) is 57.2 Å².